The molecule has 0 aliphatic carbocycles. The van der Waals surface area contributed by atoms with Crippen molar-refractivity contribution >= 4 is 21.6 Å². The van der Waals surface area contributed by atoms with Crippen LogP contribution in [-0.2, 0) is 21.2 Å². The first-order chi connectivity index (χ1) is 9.86. The van der Waals surface area contributed by atoms with Crippen LogP contribution in [0.5, 0.6) is 5.75 Å². The Kier molecular flexibility index (Phi) is 4.38. The molecule has 1 aromatic carbocycles. The van der Waals surface area contributed by atoms with Gasteiger partial charge in [0.1, 0.15) is 10.6 Å². The van der Waals surface area contributed by atoms with Crippen molar-refractivity contribution in [2.45, 2.75) is 17.7 Å². The summed E-state index contributed by atoms with van der Waals surface area (Å²) in [5.41, 5.74) is 6.94. The molecule has 1 aliphatic rings. The predicted molar refractivity (Wildman–Crippen MR) is 78.6 cm³/mol. The van der Waals surface area contributed by atoms with Crippen molar-refractivity contribution in [3.63, 3.8) is 0 Å². The average molecular weight is 313 g/mol. The molecule has 8 heteroatoms. The van der Waals surface area contributed by atoms with Crippen LogP contribution in [0.3, 0.4) is 0 Å². The highest BCUT2D eigenvalue weighted by atomic mass is 32.2. The molecule has 0 unspecified atom stereocenters. The topological polar surface area (TPSA) is 102 Å². The van der Waals surface area contributed by atoms with Gasteiger partial charge in [0.25, 0.3) is 0 Å². The molecule has 1 amide bonds. The van der Waals surface area contributed by atoms with Gasteiger partial charge in [0.2, 0.25) is 15.9 Å². The van der Waals surface area contributed by atoms with Crippen LogP contribution in [0, 0.1) is 0 Å². The number of nitrogens with two attached hydrogens (primary N) is 1. The number of rotatable bonds is 4. The standard InChI is InChI=1S/C13H19N3O4S/c1-15-12(17)8-16(2)21(18,19)11-7-10(14)6-9-4-3-5-20-13(9)11/h6-7H,3-5,8,14H2,1-2H3,(H,15,17). The number of hydrogen-bond acceptors (Lipinski definition) is 5. The summed E-state index contributed by atoms with van der Waals surface area (Å²) >= 11 is 0. The van der Waals surface area contributed by atoms with Gasteiger partial charge >= 0.3 is 0 Å². The SMILES string of the molecule is CNC(=O)CN(C)S(=O)(=O)c1cc(N)cc2c1OCCC2. The first-order valence-corrected chi connectivity index (χ1v) is 8.02. The highest BCUT2D eigenvalue weighted by Gasteiger charge is 2.29. The van der Waals surface area contributed by atoms with Gasteiger partial charge < -0.3 is 15.8 Å². The number of nitrogens with zero attached hydrogens (tertiary/aromatic N) is 1. The average Bonchev–Trinajstić information content (AvgIpc) is 2.45. The van der Waals surface area contributed by atoms with E-state index in [9.17, 15) is 13.2 Å². The van der Waals surface area contributed by atoms with E-state index in [1.165, 1.54) is 20.2 Å². The second kappa shape index (κ2) is 5.90. The highest BCUT2D eigenvalue weighted by Crippen LogP contribution is 2.35. The maximum absolute atomic E-state index is 12.6. The van der Waals surface area contributed by atoms with Crippen LogP contribution in [0.25, 0.3) is 0 Å². The molecule has 0 saturated heterocycles. The molecule has 0 fully saturated rings. The highest BCUT2D eigenvalue weighted by molar-refractivity contribution is 7.89. The molecule has 2 rings (SSSR count). The third-order valence-electron chi connectivity index (χ3n) is 3.32. The molecule has 1 aliphatic heterocycles. The molecule has 21 heavy (non-hydrogen) atoms. The number of amides is 1. The lowest BCUT2D eigenvalue weighted by molar-refractivity contribution is -0.120. The molecular formula is C13H19N3O4S. The van der Waals surface area contributed by atoms with Crippen molar-refractivity contribution in [3.8, 4) is 5.75 Å². The molecule has 7 nitrogen and oxygen atoms in total. The summed E-state index contributed by atoms with van der Waals surface area (Å²) in [6, 6.07) is 3.10. The minimum absolute atomic E-state index is 0.0172. The zero-order chi connectivity index (χ0) is 15.6. The minimum atomic E-state index is -3.84. The summed E-state index contributed by atoms with van der Waals surface area (Å²) in [5.74, 6) is -0.0426. The van der Waals surface area contributed by atoms with E-state index in [0.717, 1.165) is 22.7 Å². The van der Waals surface area contributed by atoms with Gasteiger partial charge in [-0.2, -0.15) is 4.31 Å². The van der Waals surface area contributed by atoms with Crippen LogP contribution in [0.15, 0.2) is 17.0 Å². The Hall–Kier alpha value is -1.80. The zero-order valence-corrected chi connectivity index (χ0v) is 12.9. The molecule has 0 spiro atoms. The third-order valence-corrected chi connectivity index (χ3v) is 5.13. The van der Waals surface area contributed by atoms with Crippen molar-refractivity contribution < 1.29 is 17.9 Å². The Labute approximate surface area is 124 Å². The zero-order valence-electron chi connectivity index (χ0n) is 12.0. The summed E-state index contributed by atoms with van der Waals surface area (Å²) in [7, 11) is -1.04. The van der Waals surface area contributed by atoms with E-state index in [1.807, 2.05) is 0 Å². The van der Waals surface area contributed by atoms with E-state index in [4.69, 9.17) is 10.5 Å². The number of fused-ring (bicyclic) bond motifs is 1. The number of anilines is 1. The number of nitrogen functional groups attached to an aromatic ring is 1. The largest absolute Gasteiger partial charge is 0.492 e. The number of ether oxygens (including phenoxy) is 1. The molecule has 3 N–H and O–H groups in total. The fourth-order valence-electron chi connectivity index (χ4n) is 2.20. The predicted octanol–water partition coefficient (Wildman–Crippen LogP) is -0.0397. The van der Waals surface area contributed by atoms with Gasteiger partial charge in [-0.15, -0.1) is 0 Å². The lowest BCUT2D eigenvalue weighted by Gasteiger charge is -2.23. The second-order valence-corrected chi connectivity index (χ2v) is 6.91. The Balaban J connectivity index is 2.44. The number of nitrogens with one attached hydrogen (secondary N) is 1. The Morgan fingerprint density at radius 3 is 2.86 bits per heavy atom. The number of sulfonamides is 1. The van der Waals surface area contributed by atoms with Crippen LogP contribution in [-0.4, -0.2) is 45.9 Å². The minimum Gasteiger partial charge on any atom is -0.492 e. The van der Waals surface area contributed by atoms with Gasteiger partial charge in [-0.25, -0.2) is 8.42 Å². The van der Waals surface area contributed by atoms with Crippen LogP contribution in [0.4, 0.5) is 5.69 Å². The number of carbonyl (C=O) groups is 1. The first kappa shape index (κ1) is 15.6. The van der Waals surface area contributed by atoms with Crippen molar-refractivity contribution in [3.05, 3.63) is 17.7 Å². The fourth-order valence-corrected chi connectivity index (χ4v) is 3.53. The summed E-state index contributed by atoms with van der Waals surface area (Å²) in [5, 5.41) is 2.39. The second-order valence-electron chi connectivity index (χ2n) is 4.89. The quantitative estimate of drug-likeness (QED) is 0.760. The smallest absolute Gasteiger partial charge is 0.247 e. The van der Waals surface area contributed by atoms with E-state index in [-0.39, 0.29) is 17.3 Å². The Morgan fingerprint density at radius 1 is 1.48 bits per heavy atom. The molecule has 116 valence electrons. The van der Waals surface area contributed by atoms with E-state index >= 15 is 0 Å². The molecular weight excluding hydrogens is 294 g/mol. The summed E-state index contributed by atoms with van der Waals surface area (Å²) in [4.78, 5) is 11.4. The third kappa shape index (κ3) is 3.11. The van der Waals surface area contributed by atoms with Crippen molar-refractivity contribution in [1.29, 1.82) is 0 Å². The fraction of sp³-hybridized carbons (Fsp3) is 0.462. The first-order valence-electron chi connectivity index (χ1n) is 6.58. The van der Waals surface area contributed by atoms with Gasteiger partial charge in [0.15, 0.2) is 0 Å². The van der Waals surface area contributed by atoms with Crippen LogP contribution in [0.1, 0.15) is 12.0 Å². The monoisotopic (exact) mass is 313 g/mol. The number of likely N-dealkylation sites (N-methyl/N-ethyl adjacent to an activating group) is 2. The number of aryl methyl sites for hydroxylation is 1. The van der Waals surface area contributed by atoms with E-state index in [2.05, 4.69) is 5.32 Å². The van der Waals surface area contributed by atoms with Crippen molar-refractivity contribution in [2.75, 3.05) is 33.0 Å². The lowest BCUT2D eigenvalue weighted by Crippen LogP contribution is -2.37. The molecule has 1 heterocycles. The van der Waals surface area contributed by atoms with Crippen molar-refractivity contribution in [2.24, 2.45) is 0 Å². The summed E-state index contributed by atoms with van der Waals surface area (Å²) < 4.78 is 31.7. The van der Waals surface area contributed by atoms with Crippen LogP contribution < -0.4 is 15.8 Å². The Morgan fingerprint density at radius 2 is 2.19 bits per heavy atom. The molecule has 1 aromatic rings. The molecule has 0 radical (unpaired) electrons. The number of carbonyl (C=O) groups excluding carboxylic acids is 1. The lowest BCUT2D eigenvalue weighted by atomic mass is 10.1. The van der Waals surface area contributed by atoms with Crippen molar-refractivity contribution in [1.82, 2.24) is 9.62 Å². The summed E-state index contributed by atoms with van der Waals surface area (Å²) in [6.45, 7) is 0.209. The molecule has 0 bridgehead atoms. The maximum Gasteiger partial charge on any atom is 0.247 e. The van der Waals surface area contributed by atoms with E-state index in [0.29, 0.717) is 18.0 Å². The number of benzene rings is 1. The van der Waals surface area contributed by atoms with Gasteiger partial charge in [0, 0.05) is 19.8 Å². The van der Waals surface area contributed by atoms with Gasteiger partial charge in [-0.1, -0.05) is 0 Å². The van der Waals surface area contributed by atoms with Gasteiger partial charge in [-0.05, 0) is 30.5 Å². The number of hydrogen-bond donors (Lipinski definition) is 2. The van der Waals surface area contributed by atoms with E-state index in [1.54, 1.807) is 6.07 Å². The van der Waals surface area contributed by atoms with Crippen LogP contribution >= 0.6 is 0 Å². The van der Waals surface area contributed by atoms with E-state index < -0.39 is 10.0 Å². The van der Waals surface area contributed by atoms with Gasteiger partial charge in [-0.3, -0.25) is 4.79 Å². The maximum atomic E-state index is 12.6. The molecule has 0 saturated carbocycles. The van der Waals surface area contributed by atoms with Gasteiger partial charge in [0.05, 0.1) is 13.2 Å². The van der Waals surface area contributed by atoms with Crippen LogP contribution in [0.2, 0.25) is 0 Å². The molecule has 0 aromatic heterocycles. The normalized spacial score (nSPS) is 14.4. The molecule has 0 atom stereocenters. The Bertz CT molecular complexity index is 658. The summed E-state index contributed by atoms with van der Waals surface area (Å²) in [6.07, 6.45) is 1.55.